The Morgan fingerprint density at radius 3 is 2.86 bits per heavy atom. The third kappa shape index (κ3) is 2.55. The zero-order valence-corrected chi connectivity index (χ0v) is 14.8. The van der Waals surface area contributed by atoms with Crippen LogP contribution >= 0.6 is 11.8 Å². The summed E-state index contributed by atoms with van der Waals surface area (Å²) in [6, 6.07) is 5.68. The fourth-order valence-electron chi connectivity index (χ4n) is 3.58. The molecule has 2 nitrogen and oxygen atoms in total. The van der Waals surface area contributed by atoms with Crippen LogP contribution in [-0.4, -0.2) is 19.0 Å². The van der Waals surface area contributed by atoms with Gasteiger partial charge in [-0.05, 0) is 24.8 Å². The molecule has 2 aliphatic rings. The van der Waals surface area contributed by atoms with E-state index in [-0.39, 0.29) is 5.82 Å². The summed E-state index contributed by atoms with van der Waals surface area (Å²) in [6.07, 6.45) is 3.16. The number of hydrogen-bond donors (Lipinski definition) is 1. The van der Waals surface area contributed by atoms with E-state index in [9.17, 15) is 4.39 Å². The van der Waals surface area contributed by atoms with Crippen LogP contribution in [0.4, 0.5) is 4.39 Å². The highest BCUT2D eigenvalue weighted by Gasteiger charge is 2.48. The molecule has 0 radical (unpaired) electrons. The number of nitrogens with two attached hydrogens (primary N) is 1. The Morgan fingerprint density at radius 1 is 1.38 bits per heavy atom. The number of hydrogen-bond acceptors (Lipinski definition) is 3. The molecule has 3 rings (SSSR count). The van der Waals surface area contributed by atoms with Crippen LogP contribution in [0.25, 0.3) is 0 Å². The molecule has 114 valence electrons. The van der Waals surface area contributed by atoms with E-state index in [4.69, 9.17) is 10.7 Å². The number of amidine groups is 1. The summed E-state index contributed by atoms with van der Waals surface area (Å²) in [5.41, 5.74) is 6.36. The number of benzene rings is 1. The molecule has 1 aromatic rings. The second-order valence-electron chi connectivity index (χ2n) is 7.22. The van der Waals surface area contributed by atoms with Crippen molar-refractivity contribution in [3.8, 4) is 0 Å². The molecule has 1 aromatic carbocycles. The topological polar surface area (TPSA) is 38.4 Å². The number of halogens is 1. The number of thioether (sulfide) groups is 1. The van der Waals surface area contributed by atoms with Gasteiger partial charge < -0.3 is 5.73 Å². The number of nitrogens with zero attached hydrogens (tertiary/aromatic N) is 1. The van der Waals surface area contributed by atoms with Gasteiger partial charge in [-0.3, -0.25) is 4.99 Å². The molecular formula is C16H23FN2SSi. The van der Waals surface area contributed by atoms with Gasteiger partial charge in [0.25, 0.3) is 0 Å². The summed E-state index contributed by atoms with van der Waals surface area (Å²) >= 11 is 1.62. The molecule has 2 atom stereocenters. The number of aliphatic imine (C=N–C) groups is 1. The maximum atomic E-state index is 14.6. The smallest absolute Gasteiger partial charge is 0.154 e. The average molecular weight is 323 g/mol. The Labute approximate surface area is 131 Å². The average Bonchev–Trinajstić information content (AvgIpc) is 2.81. The van der Waals surface area contributed by atoms with Crippen molar-refractivity contribution in [1.29, 1.82) is 0 Å². The predicted octanol–water partition coefficient (Wildman–Crippen LogP) is 3.43. The van der Waals surface area contributed by atoms with Crippen molar-refractivity contribution in [3.63, 3.8) is 0 Å². The maximum absolute atomic E-state index is 14.6. The van der Waals surface area contributed by atoms with Crippen LogP contribution in [0.15, 0.2) is 23.2 Å². The Balaban J connectivity index is 2.16. The van der Waals surface area contributed by atoms with Crippen molar-refractivity contribution in [2.45, 2.75) is 44.4 Å². The van der Waals surface area contributed by atoms with Crippen molar-refractivity contribution in [1.82, 2.24) is 0 Å². The van der Waals surface area contributed by atoms with Crippen LogP contribution in [0.3, 0.4) is 0 Å². The lowest BCUT2D eigenvalue weighted by Crippen LogP contribution is -2.41. The Bertz CT molecular complexity index is 596. The third-order valence-corrected chi connectivity index (χ3v) is 7.83. The van der Waals surface area contributed by atoms with E-state index in [1.807, 2.05) is 6.07 Å². The number of rotatable bonds is 2. The van der Waals surface area contributed by atoms with Gasteiger partial charge in [0.2, 0.25) is 0 Å². The minimum absolute atomic E-state index is 0.118. The zero-order chi connectivity index (χ0) is 15.3. The van der Waals surface area contributed by atoms with Crippen LogP contribution in [0.1, 0.15) is 24.8 Å². The van der Waals surface area contributed by atoms with Gasteiger partial charge in [-0.2, -0.15) is 0 Å². The molecule has 0 unspecified atom stereocenters. The van der Waals surface area contributed by atoms with Crippen LogP contribution in [0.2, 0.25) is 19.6 Å². The first-order chi connectivity index (χ1) is 9.83. The Hall–Kier alpha value is -0.813. The van der Waals surface area contributed by atoms with E-state index in [0.717, 1.165) is 30.6 Å². The van der Waals surface area contributed by atoms with E-state index in [1.54, 1.807) is 17.8 Å². The molecule has 5 heteroatoms. The molecule has 21 heavy (non-hydrogen) atoms. The molecule has 1 saturated carbocycles. The highest BCUT2D eigenvalue weighted by Crippen LogP contribution is 2.51. The summed E-state index contributed by atoms with van der Waals surface area (Å²) < 4.78 is 14.6. The molecule has 1 fully saturated rings. The third-order valence-electron chi connectivity index (χ3n) is 4.83. The van der Waals surface area contributed by atoms with Gasteiger partial charge in [0, 0.05) is 11.3 Å². The van der Waals surface area contributed by atoms with Gasteiger partial charge in [-0.1, -0.05) is 55.1 Å². The molecule has 0 spiro atoms. The van der Waals surface area contributed by atoms with Crippen LogP contribution < -0.4 is 10.9 Å². The molecule has 0 aromatic heterocycles. The van der Waals surface area contributed by atoms with Crippen molar-refractivity contribution in [2.75, 3.05) is 5.75 Å². The Kier molecular flexibility index (Phi) is 3.68. The second-order valence-corrected chi connectivity index (χ2v) is 13.3. The molecule has 0 saturated heterocycles. The first kappa shape index (κ1) is 15.1. The maximum Gasteiger partial charge on any atom is 0.154 e. The van der Waals surface area contributed by atoms with Crippen LogP contribution in [0.5, 0.6) is 0 Å². The highest BCUT2D eigenvalue weighted by atomic mass is 32.2. The molecule has 1 aliphatic heterocycles. The van der Waals surface area contributed by atoms with Crippen LogP contribution in [0, 0.1) is 11.7 Å². The fraction of sp³-hybridized carbons (Fsp3) is 0.562. The second kappa shape index (κ2) is 5.13. The van der Waals surface area contributed by atoms with E-state index in [2.05, 4.69) is 25.7 Å². The Morgan fingerprint density at radius 2 is 2.14 bits per heavy atom. The predicted molar refractivity (Wildman–Crippen MR) is 92.5 cm³/mol. The summed E-state index contributed by atoms with van der Waals surface area (Å²) in [7, 11) is -1.47. The monoisotopic (exact) mass is 322 g/mol. The highest BCUT2D eigenvalue weighted by molar-refractivity contribution is 8.13. The summed E-state index contributed by atoms with van der Waals surface area (Å²) in [5, 5.41) is 1.91. The lowest BCUT2D eigenvalue weighted by molar-refractivity contribution is 0.341. The molecule has 1 aliphatic carbocycles. The van der Waals surface area contributed by atoms with E-state index < -0.39 is 13.6 Å². The SMILES string of the molecule is C[Si](C)(C)c1ccc(F)c([C@]23CCC[C@H]2CSC(N)=N3)c1. The van der Waals surface area contributed by atoms with Gasteiger partial charge in [0.1, 0.15) is 5.82 Å². The molecule has 0 bridgehead atoms. The van der Waals surface area contributed by atoms with Crippen LogP contribution in [-0.2, 0) is 5.54 Å². The minimum atomic E-state index is -1.47. The fourth-order valence-corrected chi connectivity index (χ4v) is 5.78. The lowest BCUT2D eigenvalue weighted by atomic mass is 9.81. The summed E-state index contributed by atoms with van der Waals surface area (Å²) in [4.78, 5) is 4.76. The normalized spacial score (nSPS) is 29.1. The van der Waals surface area contributed by atoms with Crippen molar-refractivity contribution in [3.05, 3.63) is 29.6 Å². The summed E-state index contributed by atoms with van der Waals surface area (Å²) in [5.74, 6) is 1.26. The largest absolute Gasteiger partial charge is 0.379 e. The molecule has 2 N–H and O–H groups in total. The van der Waals surface area contributed by atoms with Crippen molar-refractivity contribution in [2.24, 2.45) is 16.6 Å². The van der Waals surface area contributed by atoms with E-state index in [0.29, 0.717) is 11.1 Å². The zero-order valence-electron chi connectivity index (χ0n) is 12.9. The molecule has 1 heterocycles. The van der Waals surface area contributed by atoms with Gasteiger partial charge in [-0.15, -0.1) is 0 Å². The van der Waals surface area contributed by atoms with Gasteiger partial charge >= 0.3 is 0 Å². The first-order valence-electron chi connectivity index (χ1n) is 7.61. The first-order valence-corrected chi connectivity index (χ1v) is 12.1. The standard InChI is InChI=1S/C16H23FN2SSi/c1-21(2,3)12-6-7-14(17)13(9-12)16-8-4-5-11(16)10-20-15(18)19-16/h6-7,9,11H,4-5,8,10H2,1-3H3,(H2,18,19)/t11-,16-/m0/s1. The van der Waals surface area contributed by atoms with E-state index >= 15 is 0 Å². The van der Waals surface area contributed by atoms with Crippen molar-refractivity contribution >= 4 is 30.2 Å². The minimum Gasteiger partial charge on any atom is -0.379 e. The van der Waals surface area contributed by atoms with Gasteiger partial charge in [0.05, 0.1) is 13.6 Å². The van der Waals surface area contributed by atoms with Gasteiger partial charge in [0.15, 0.2) is 5.17 Å². The molecule has 0 amide bonds. The summed E-state index contributed by atoms with van der Waals surface area (Å²) in [6.45, 7) is 6.88. The number of fused-ring (bicyclic) bond motifs is 1. The quantitative estimate of drug-likeness (QED) is 0.847. The van der Waals surface area contributed by atoms with Gasteiger partial charge in [-0.25, -0.2) is 4.39 Å². The molecular weight excluding hydrogens is 299 g/mol. The van der Waals surface area contributed by atoms with Crippen molar-refractivity contribution < 1.29 is 4.39 Å². The lowest BCUT2D eigenvalue weighted by Gasteiger charge is -2.36. The van der Waals surface area contributed by atoms with E-state index in [1.165, 1.54) is 5.19 Å².